The van der Waals surface area contributed by atoms with Crippen LogP contribution < -0.4 is 0 Å². The molecule has 0 unspecified atom stereocenters. The molecule has 0 saturated carbocycles. The Bertz CT molecular complexity index is 450. The van der Waals surface area contributed by atoms with Crippen molar-refractivity contribution in [2.45, 2.75) is 4.90 Å². The quantitative estimate of drug-likeness (QED) is 0.526. The maximum Gasteiger partial charge on any atom is 0.0666 e. The highest BCUT2D eigenvalue weighted by atomic mass is 127. The fraction of sp³-hybridized carbons (Fsp3) is 0.111. The fourth-order valence-electron chi connectivity index (χ4n) is 1.21. The third kappa shape index (κ3) is 1.98. The molecule has 1 heterocycles. The minimum atomic E-state index is 0.829. The summed E-state index contributed by atoms with van der Waals surface area (Å²) in [5, 5.41) is 2.15. The molecule has 0 amide bonds. The molecule has 1 aromatic heterocycles. The van der Waals surface area contributed by atoms with E-state index in [1.807, 2.05) is 12.1 Å². The van der Waals surface area contributed by atoms with Gasteiger partial charge in [-0.2, -0.15) is 0 Å². The Morgan fingerprint density at radius 2 is 2.15 bits per heavy atom. The van der Waals surface area contributed by atoms with Crippen molar-refractivity contribution in [2.75, 3.05) is 6.26 Å². The van der Waals surface area contributed by atoms with Crippen molar-refractivity contribution in [3.05, 3.63) is 26.1 Å². The van der Waals surface area contributed by atoms with Crippen LogP contribution in [0.5, 0.6) is 0 Å². The van der Waals surface area contributed by atoms with Crippen LogP contribution in [-0.4, -0.2) is 6.26 Å². The third-order valence-corrected chi connectivity index (χ3v) is 4.59. The second-order valence-corrected chi connectivity index (χ2v) is 6.83. The maximum atomic E-state index is 6.00. The van der Waals surface area contributed by atoms with Crippen LogP contribution in [0.4, 0.5) is 0 Å². The highest BCUT2D eigenvalue weighted by molar-refractivity contribution is 14.1. The van der Waals surface area contributed by atoms with Crippen LogP contribution in [-0.2, 0) is 0 Å². The molecule has 0 spiro atoms. The predicted octanol–water partition coefficient (Wildman–Crippen LogP) is 4.88. The number of rotatable bonds is 1. The lowest BCUT2D eigenvalue weighted by atomic mass is 10.3. The van der Waals surface area contributed by atoms with Gasteiger partial charge in [0, 0.05) is 20.0 Å². The van der Waals surface area contributed by atoms with E-state index in [0.29, 0.717) is 0 Å². The summed E-state index contributed by atoms with van der Waals surface area (Å²) >= 11 is 11.9. The number of thiophene rings is 1. The number of hydrogen-bond acceptors (Lipinski definition) is 2. The molecule has 0 nitrogen and oxygen atoms in total. The van der Waals surface area contributed by atoms with Gasteiger partial charge < -0.3 is 0 Å². The van der Waals surface area contributed by atoms with Crippen LogP contribution in [0.3, 0.4) is 0 Å². The highest BCUT2D eigenvalue weighted by Gasteiger charge is 2.05. The lowest BCUT2D eigenvalue weighted by molar-refractivity contribution is 1.57. The van der Waals surface area contributed by atoms with Gasteiger partial charge >= 0.3 is 0 Å². The first kappa shape index (κ1) is 10.1. The summed E-state index contributed by atoms with van der Waals surface area (Å²) in [6.07, 6.45) is 2.08. The molecule has 0 aliphatic rings. The lowest BCUT2D eigenvalue weighted by Gasteiger charge is -1.99. The monoisotopic (exact) mass is 340 g/mol. The van der Waals surface area contributed by atoms with E-state index >= 15 is 0 Å². The van der Waals surface area contributed by atoms with Gasteiger partial charge in [-0.1, -0.05) is 11.6 Å². The molecular weight excluding hydrogens is 335 g/mol. The summed E-state index contributed by atoms with van der Waals surface area (Å²) in [5.41, 5.74) is 0. The molecule has 1 aromatic carbocycles. The fourth-order valence-corrected chi connectivity index (χ4v) is 4.13. The first-order valence-electron chi connectivity index (χ1n) is 3.63. The van der Waals surface area contributed by atoms with E-state index in [0.717, 1.165) is 5.02 Å². The Morgan fingerprint density at radius 3 is 2.85 bits per heavy atom. The van der Waals surface area contributed by atoms with Crippen molar-refractivity contribution in [3.63, 3.8) is 0 Å². The lowest BCUT2D eigenvalue weighted by Crippen LogP contribution is -1.71. The van der Waals surface area contributed by atoms with Crippen molar-refractivity contribution in [1.82, 2.24) is 0 Å². The van der Waals surface area contributed by atoms with Gasteiger partial charge in [0.1, 0.15) is 0 Å². The van der Waals surface area contributed by atoms with E-state index in [1.165, 1.54) is 17.9 Å². The first-order chi connectivity index (χ1) is 6.20. The van der Waals surface area contributed by atoms with E-state index in [1.54, 1.807) is 23.1 Å². The summed E-state index contributed by atoms with van der Waals surface area (Å²) < 4.78 is 2.59. The van der Waals surface area contributed by atoms with Gasteiger partial charge in [0.15, 0.2) is 0 Å². The molecule has 0 bridgehead atoms. The Morgan fingerprint density at radius 1 is 1.38 bits per heavy atom. The number of benzene rings is 1. The van der Waals surface area contributed by atoms with Crippen LogP contribution >= 0.6 is 57.3 Å². The second-order valence-electron chi connectivity index (χ2n) is 2.57. The van der Waals surface area contributed by atoms with E-state index in [2.05, 4.69) is 34.9 Å². The molecule has 4 heteroatoms. The summed E-state index contributed by atoms with van der Waals surface area (Å²) in [5.74, 6) is 0. The predicted molar refractivity (Wildman–Crippen MR) is 71.3 cm³/mol. The molecular formula is C9H6ClIS2. The summed E-state index contributed by atoms with van der Waals surface area (Å²) in [6, 6.07) is 6.27. The van der Waals surface area contributed by atoms with Gasteiger partial charge in [0.25, 0.3) is 0 Å². The van der Waals surface area contributed by atoms with Gasteiger partial charge in [-0.25, -0.2) is 0 Å². The second kappa shape index (κ2) is 3.96. The molecule has 2 aromatic rings. The van der Waals surface area contributed by atoms with Crippen LogP contribution in [0, 0.1) is 2.88 Å². The highest BCUT2D eigenvalue weighted by Crippen LogP contribution is 2.35. The van der Waals surface area contributed by atoms with E-state index in [-0.39, 0.29) is 0 Å². The Balaban J connectivity index is 2.80. The molecule has 13 heavy (non-hydrogen) atoms. The summed E-state index contributed by atoms with van der Waals surface area (Å²) in [6.45, 7) is 0. The Kier molecular flexibility index (Phi) is 3.07. The number of fused-ring (bicyclic) bond motifs is 1. The van der Waals surface area contributed by atoms with Crippen LogP contribution in [0.15, 0.2) is 23.1 Å². The number of thioether (sulfide) groups is 1. The number of halogens is 2. The minimum absolute atomic E-state index is 0.829. The summed E-state index contributed by atoms with van der Waals surface area (Å²) in [4.78, 5) is 1.27. The normalized spacial score (nSPS) is 11.0. The van der Waals surface area contributed by atoms with Crippen LogP contribution in [0.2, 0.25) is 5.02 Å². The summed E-state index contributed by atoms with van der Waals surface area (Å²) in [7, 11) is 0. The average Bonchev–Trinajstić information content (AvgIpc) is 2.43. The molecule has 0 aliphatic carbocycles. The molecule has 0 atom stereocenters. The molecule has 68 valence electrons. The zero-order valence-electron chi connectivity index (χ0n) is 6.80. The van der Waals surface area contributed by atoms with Crippen molar-refractivity contribution in [1.29, 1.82) is 0 Å². The van der Waals surface area contributed by atoms with E-state index in [9.17, 15) is 0 Å². The molecule has 0 radical (unpaired) electrons. The molecule has 0 N–H and O–H groups in total. The van der Waals surface area contributed by atoms with Crippen molar-refractivity contribution in [2.24, 2.45) is 0 Å². The first-order valence-corrected chi connectivity index (χ1v) is 7.13. The molecule has 2 rings (SSSR count). The maximum absolute atomic E-state index is 6.00. The average molecular weight is 341 g/mol. The van der Waals surface area contributed by atoms with Crippen LogP contribution in [0.25, 0.3) is 10.1 Å². The topological polar surface area (TPSA) is 0 Å². The van der Waals surface area contributed by atoms with Crippen molar-refractivity contribution in [3.8, 4) is 0 Å². The van der Waals surface area contributed by atoms with E-state index < -0.39 is 0 Å². The van der Waals surface area contributed by atoms with Gasteiger partial charge in [0.05, 0.1) is 2.88 Å². The van der Waals surface area contributed by atoms with Gasteiger partial charge in [-0.3, -0.25) is 0 Å². The van der Waals surface area contributed by atoms with Crippen molar-refractivity contribution >= 4 is 67.4 Å². The Hall–Kier alpha value is 0.550. The standard InChI is InChI=1S/C9H6ClIS2/c1-12-7-2-5(10)3-8-6(7)4-9(11)13-8/h2-4H,1H3. The molecule has 0 saturated heterocycles. The third-order valence-electron chi connectivity index (χ3n) is 1.75. The smallest absolute Gasteiger partial charge is 0.0666 e. The van der Waals surface area contributed by atoms with E-state index in [4.69, 9.17) is 11.6 Å². The van der Waals surface area contributed by atoms with Crippen molar-refractivity contribution < 1.29 is 0 Å². The minimum Gasteiger partial charge on any atom is -0.129 e. The van der Waals surface area contributed by atoms with Gasteiger partial charge in [-0.15, -0.1) is 23.1 Å². The zero-order chi connectivity index (χ0) is 9.42. The number of hydrogen-bond donors (Lipinski definition) is 0. The van der Waals surface area contributed by atoms with Crippen LogP contribution in [0.1, 0.15) is 0 Å². The molecule has 0 aliphatic heterocycles. The largest absolute Gasteiger partial charge is 0.129 e. The Labute approximate surface area is 104 Å². The van der Waals surface area contributed by atoms with Gasteiger partial charge in [0.2, 0.25) is 0 Å². The zero-order valence-corrected chi connectivity index (χ0v) is 11.4. The van der Waals surface area contributed by atoms with Gasteiger partial charge in [-0.05, 0) is 47.0 Å². The SMILES string of the molecule is CSc1cc(Cl)cc2sc(I)cc12. The molecule has 0 fully saturated rings.